The number of carbonyl (C=O) groups is 1. The van der Waals surface area contributed by atoms with Gasteiger partial charge < -0.3 is 5.32 Å². The number of hydrogen-bond donors (Lipinski definition) is 2. The van der Waals surface area contributed by atoms with E-state index in [-0.39, 0.29) is 6.42 Å². The maximum atomic E-state index is 13.2. The van der Waals surface area contributed by atoms with E-state index >= 15 is 0 Å². The number of amides is 1. The minimum Gasteiger partial charge on any atom is -0.309 e. The van der Waals surface area contributed by atoms with Crippen LogP contribution in [-0.2, 0) is 22.1 Å². The van der Waals surface area contributed by atoms with Crippen molar-refractivity contribution in [2.24, 2.45) is 7.05 Å². The van der Waals surface area contributed by atoms with Crippen molar-refractivity contribution in [2.45, 2.75) is 32.4 Å². The molecule has 11 heteroatoms. The average molecular weight is 444 g/mol. The zero-order valence-corrected chi connectivity index (χ0v) is 18.6. The molecule has 2 aromatic heterocycles. The van der Waals surface area contributed by atoms with E-state index in [0.717, 1.165) is 26.9 Å². The molecule has 0 aliphatic carbocycles. The van der Waals surface area contributed by atoms with E-state index in [1.807, 2.05) is 44.2 Å². The van der Waals surface area contributed by atoms with Gasteiger partial charge in [0.15, 0.2) is 0 Å². The van der Waals surface area contributed by atoms with Crippen molar-refractivity contribution < 1.29 is 13.2 Å². The first kappa shape index (κ1) is 21.2. The Kier molecular flexibility index (Phi) is 5.42. The van der Waals surface area contributed by atoms with Crippen molar-refractivity contribution in [1.29, 1.82) is 0 Å². The number of para-hydroxylation sites is 1. The van der Waals surface area contributed by atoms with Gasteiger partial charge in [-0.25, -0.2) is 4.68 Å². The Bertz CT molecular complexity index is 1220. The van der Waals surface area contributed by atoms with Gasteiger partial charge >= 0.3 is 0 Å². The van der Waals surface area contributed by atoms with Crippen LogP contribution in [0.2, 0.25) is 0 Å². The van der Waals surface area contributed by atoms with Crippen molar-refractivity contribution >= 4 is 21.9 Å². The summed E-state index contributed by atoms with van der Waals surface area (Å²) in [5.74, 6) is 0.0586. The first-order valence-corrected chi connectivity index (χ1v) is 11.3. The molecule has 0 bridgehead atoms. The molecule has 3 aromatic rings. The fourth-order valence-electron chi connectivity index (χ4n) is 3.84. The van der Waals surface area contributed by atoms with Crippen LogP contribution in [0.1, 0.15) is 29.4 Å². The van der Waals surface area contributed by atoms with Gasteiger partial charge in [-0.15, -0.1) is 0 Å². The molecule has 164 valence electrons. The highest BCUT2D eigenvalue weighted by molar-refractivity contribution is 7.87. The van der Waals surface area contributed by atoms with Crippen LogP contribution in [0.15, 0.2) is 42.6 Å². The van der Waals surface area contributed by atoms with Gasteiger partial charge in [-0.1, -0.05) is 18.2 Å². The molecule has 1 saturated heterocycles. The topological polar surface area (TPSA) is 114 Å². The third-order valence-electron chi connectivity index (χ3n) is 5.38. The highest BCUT2D eigenvalue weighted by Crippen LogP contribution is 2.30. The summed E-state index contributed by atoms with van der Waals surface area (Å²) in [4.78, 5) is 13.2. The Hall–Kier alpha value is -3.02. The Morgan fingerprint density at radius 1 is 1.16 bits per heavy atom. The van der Waals surface area contributed by atoms with Crippen LogP contribution in [0.4, 0.5) is 5.82 Å². The van der Waals surface area contributed by atoms with Gasteiger partial charge in [-0.05, 0) is 32.4 Å². The van der Waals surface area contributed by atoms with Crippen molar-refractivity contribution in [3.8, 4) is 5.69 Å². The second kappa shape index (κ2) is 7.91. The van der Waals surface area contributed by atoms with Crippen LogP contribution in [0.25, 0.3) is 5.69 Å². The third-order valence-corrected chi connectivity index (χ3v) is 6.98. The van der Waals surface area contributed by atoms with Crippen LogP contribution in [0.5, 0.6) is 0 Å². The minimum atomic E-state index is -3.85. The van der Waals surface area contributed by atoms with Gasteiger partial charge in [0.25, 0.3) is 10.2 Å². The first-order valence-electron chi connectivity index (χ1n) is 9.84. The lowest BCUT2D eigenvalue weighted by molar-refractivity contribution is -0.120. The molecule has 3 heterocycles. The van der Waals surface area contributed by atoms with Crippen molar-refractivity contribution in [3.05, 3.63) is 59.5 Å². The molecule has 1 aromatic carbocycles. The summed E-state index contributed by atoms with van der Waals surface area (Å²) in [6, 6.07) is 9.73. The van der Waals surface area contributed by atoms with Gasteiger partial charge in [0.05, 0.1) is 23.1 Å². The largest absolute Gasteiger partial charge is 0.309 e. The van der Waals surface area contributed by atoms with Gasteiger partial charge in [0.2, 0.25) is 5.91 Å². The van der Waals surface area contributed by atoms with E-state index in [1.54, 1.807) is 28.7 Å². The van der Waals surface area contributed by atoms with E-state index in [9.17, 15) is 13.2 Å². The SMILES string of the molecule is Cc1cc(NC(=O)[C@@H]2C[C@@H](c3cn(C)nc3C)NS(=O)(=O)N2C)n(-c2ccccc2)n1. The normalized spacial score (nSPS) is 21.2. The highest BCUT2D eigenvalue weighted by Gasteiger charge is 2.41. The molecule has 4 rings (SSSR count). The second-order valence-corrected chi connectivity index (χ2v) is 9.46. The molecular weight excluding hydrogens is 418 g/mol. The number of nitrogens with zero attached hydrogens (tertiary/aromatic N) is 5. The number of rotatable bonds is 4. The van der Waals surface area contributed by atoms with Crippen LogP contribution >= 0.6 is 0 Å². The van der Waals surface area contributed by atoms with Crippen molar-refractivity contribution in [3.63, 3.8) is 0 Å². The Labute approximate surface area is 181 Å². The molecule has 1 aliphatic heterocycles. The summed E-state index contributed by atoms with van der Waals surface area (Å²) in [5, 5.41) is 11.6. The average Bonchev–Trinajstić information content (AvgIpc) is 3.25. The molecule has 1 amide bonds. The lowest BCUT2D eigenvalue weighted by atomic mass is 10.00. The number of aromatic nitrogens is 4. The Balaban J connectivity index is 1.63. The summed E-state index contributed by atoms with van der Waals surface area (Å²) in [6.45, 7) is 3.65. The number of aryl methyl sites for hydroxylation is 3. The zero-order chi connectivity index (χ0) is 22.3. The summed E-state index contributed by atoms with van der Waals surface area (Å²) in [6.07, 6.45) is 2.04. The number of nitrogens with one attached hydrogen (secondary N) is 2. The quantitative estimate of drug-likeness (QED) is 0.633. The monoisotopic (exact) mass is 443 g/mol. The molecule has 0 spiro atoms. The minimum absolute atomic E-state index is 0.270. The molecule has 10 nitrogen and oxygen atoms in total. The molecule has 1 aliphatic rings. The first-order chi connectivity index (χ1) is 14.7. The molecule has 1 fully saturated rings. The van der Waals surface area contributed by atoms with E-state index < -0.39 is 28.2 Å². The van der Waals surface area contributed by atoms with E-state index in [4.69, 9.17) is 0 Å². The van der Waals surface area contributed by atoms with E-state index in [1.165, 1.54) is 7.05 Å². The summed E-state index contributed by atoms with van der Waals surface area (Å²) in [5.41, 5.74) is 2.99. The number of anilines is 1. The van der Waals surface area contributed by atoms with E-state index in [2.05, 4.69) is 20.2 Å². The molecule has 2 N–H and O–H groups in total. The zero-order valence-electron chi connectivity index (χ0n) is 17.8. The smallest absolute Gasteiger partial charge is 0.280 e. The summed E-state index contributed by atoms with van der Waals surface area (Å²) >= 11 is 0. The van der Waals surface area contributed by atoms with Gasteiger partial charge in [0, 0.05) is 31.9 Å². The van der Waals surface area contributed by atoms with Gasteiger partial charge in [-0.3, -0.25) is 9.48 Å². The lowest BCUT2D eigenvalue weighted by Crippen LogP contribution is -2.56. The van der Waals surface area contributed by atoms with Crippen LogP contribution < -0.4 is 10.0 Å². The van der Waals surface area contributed by atoms with Crippen LogP contribution in [-0.4, -0.2) is 51.3 Å². The summed E-state index contributed by atoms with van der Waals surface area (Å²) < 4.78 is 32.4. The Morgan fingerprint density at radius 3 is 2.52 bits per heavy atom. The fourth-order valence-corrected chi connectivity index (χ4v) is 5.10. The third kappa shape index (κ3) is 4.11. The van der Waals surface area contributed by atoms with Gasteiger partial charge in [-0.2, -0.15) is 27.6 Å². The van der Waals surface area contributed by atoms with Gasteiger partial charge in [0.1, 0.15) is 11.9 Å². The molecule has 0 radical (unpaired) electrons. The standard InChI is InChI=1S/C20H25N7O3S/c1-13-10-19(27(22-13)15-8-6-5-7-9-15)21-20(28)18-11-17(24-31(29,30)26(18)4)16-12-25(3)23-14(16)2/h5-10,12,17-18,24H,11H2,1-4H3,(H,21,28)/t17-,18-/m0/s1. The van der Waals surface area contributed by atoms with E-state index in [0.29, 0.717) is 5.82 Å². The number of hydrogen-bond acceptors (Lipinski definition) is 5. The number of carbonyl (C=O) groups excluding carboxylic acids is 1. The predicted molar refractivity (Wildman–Crippen MR) is 116 cm³/mol. The maximum Gasteiger partial charge on any atom is 0.280 e. The maximum absolute atomic E-state index is 13.2. The lowest BCUT2D eigenvalue weighted by Gasteiger charge is -2.36. The molecule has 2 atom stereocenters. The van der Waals surface area contributed by atoms with Crippen molar-refractivity contribution in [2.75, 3.05) is 12.4 Å². The number of benzene rings is 1. The van der Waals surface area contributed by atoms with Crippen LogP contribution in [0, 0.1) is 13.8 Å². The number of likely N-dealkylation sites (N-methyl/N-ethyl adjacent to an activating group) is 1. The fraction of sp³-hybridized carbons (Fsp3) is 0.350. The van der Waals surface area contributed by atoms with Crippen LogP contribution in [0.3, 0.4) is 0 Å². The summed E-state index contributed by atoms with van der Waals surface area (Å²) in [7, 11) is -0.670. The molecular formula is C20H25N7O3S. The predicted octanol–water partition coefficient (Wildman–Crippen LogP) is 1.44. The molecule has 0 saturated carbocycles. The second-order valence-electron chi connectivity index (χ2n) is 7.69. The molecule has 31 heavy (non-hydrogen) atoms. The van der Waals surface area contributed by atoms with Crippen molar-refractivity contribution in [1.82, 2.24) is 28.6 Å². The molecule has 0 unspecified atom stereocenters. The Morgan fingerprint density at radius 2 is 1.87 bits per heavy atom. The highest BCUT2D eigenvalue weighted by atomic mass is 32.2.